The molecule has 2 amide bonds. The second kappa shape index (κ2) is 8.87. The highest BCUT2D eigenvalue weighted by atomic mass is 16.5. The molecule has 6 heteroatoms. The number of carbonyl (C=O) groups excluding carboxylic acids is 1. The zero-order valence-corrected chi connectivity index (χ0v) is 13.3. The Labute approximate surface area is 126 Å². The number of ether oxygens (including phenoxy) is 1. The summed E-state index contributed by atoms with van der Waals surface area (Å²) >= 11 is 0. The molecule has 0 aromatic heterocycles. The number of carboxylic acids is 1. The maximum atomic E-state index is 12.4. The Balaban J connectivity index is 2.69. The molecular formula is C15H28N2O4. The first kappa shape index (κ1) is 17.8. The molecule has 21 heavy (non-hydrogen) atoms. The van der Waals surface area contributed by atoms with E-state index in [4.69, 9.17) is 4.74 Å². The largest absolute Gasteiger partial charge is 0.481 e. The van der Waals surface area contributed by atoms with E-state index in [0.717, 1.165) is 25.7 Å². The van der Waals surface area contributed by atoms with Gasteiger partial charge in [-0.2, -0.15) is 0 Å². The van der Waals surface area contributed by atoms with Gasteiger partial charge in [0.15, 0.2) is 0 Å². The first-order valence-electron chi connectivity index (χ1n) is 7.76. The minimum atomic E-state index is -0.810. The molecule has 6 nitrogen and oxygen atoms in total. The normalized spacial score (nSPS) is 22.7. The fourth-order valence-corrected chi connectivity index (χ4v) is 2.80. The number of nitrogens with zero attached hydrogens (tertiary/aromatic N) is 1. The summed E-state index contributed by atoms with van der Waals surface area (Å²) in [5.74, 6) is -1.29. The van der Waals surface area contributed by atoms with Crippen LogP contribution in [0.2, 0.25) is 0 Å². The number of hydrogen-bond donors (Lipinski definition) is 2. The van der Waals surface area contributed by atoms with Crippen LogP contribution in [-0.4, -0.2) is 54.4 Å². The van der Waals surface area contributed by atoms with Crippen LogP contribution in [0.15, 0.2) is 0 Å². The van der Waals surface area contributed by atoms with Crippen LogP contribution >= 0.6 is 0 Å². The summed E-state index contributed by atoms with van der Waals surface area (Å²) in [6, 6.07) is -0.421. The molecule has 122 valence electrons. The van der Waals surface area contributed by atoms with E-state index >= 15 is 0 Å². The third-order valence-corrected chi connectivity index (χ3v) is 4.06. The molecule has 0 aromatic carbocycles. The highest BCUT2D eigenvalue weighted by Gasteiger charge is 2.31. The highest BCUT2D eigenvalue weighted by molar-refractivity contribution is 5.77. The molecule has 1 fully saturated rings. The smallest absolute Gasteiger partial charge is 0.317 e. The van der Waals surface area contributed by atoms with Crippen LogP contribution in [-0.2, 0) is 9.53 Å². The molecule has 2 atom stereocenters. The lowest BCUT2D eigenvalue weighted by atomic mass is 9.95. The topological polar surface area (TPSA) is 78.9 Å². The van der Waals surface area contributed by atoms with Gasteiger partial charge in [-0.1, -0.05) is 19.3 Å². The Kier molecular flexibility index (Phi) is 7.50. The maximum Gasteiger partial charge on any atom is 0.317 e. The van der Waals surface area contributed by atoms with Gasteiger partial charge in [-0.25, -0.2) is 4.79 Å². The number of hydrogen-bond acceptors (Lipinski definition) is 3. The lowest BCUT2D eigenvalue weighted by Crippen LogP contribution is -2.51. The Morgan fingerprint density at radius 1 is 1.29 bits per heavy atom. The Hall–Kier alpha value is -1.30. The fourth-order valence-electron chi connectivity index (χ4n) is 2.80. The zero-order valence-electron chi connectivity index (χ0n) is 13.3. The lowest BCUT2D eigenvalue weighted by Gasteiger charge is -2.30. The molecule has 1 aliphatic rings. The van der Waals surface area contributed by atoms with Crippen LogP contribution in [0.1, 0.15) is 46.0 Å². The molecule has 1 saturated carbocycles. The molecular weight excluding hydrogens is 272 g/mol. The number of amides is 2. The van der Waals surface area contributed by atoms with Crippen molar-refractivity contribution in [3.63, 3.8) is 0 Å². The number of rotatable bonds is 6. The van der Waals surface area contributed by atoms with Crippen molar-refractivity contribution in [1.29, 1.82) is 0 Å². The molecule has 0 spiro atoms. The van der Waals surface area contributed by atoms with Crippen molar-refractivity contribution in [2.75, 3.05) is 20.3 Å². The summed E-state index contributed by atoms with van der Waals surface area (Å²) in [6.07, 6.45) is 4.29. The number of carboxylic acid groups (broad SMARTS) is 1. The van der Waals surface area contributed by atoms with Gasteiger partial charge in [0.05, 0.1) is 12.5 Å². The van der Waals surface area contributed by atoms with E-state index in [9.17, 15) is 14.7 Å². The summed E-state index contributed by atoms with van der Waals surface area (Å²) in [5, 5.41) is 12.3. The standard InChI is InChI=1S/C15H28N2O4/c1-11(2)17(9-10-21-3)15(20)16-13-8-6-4-5-7-12(13)14(18)19/h11-13H,4-10H2,1-3H3,(H,16,20)(H,18,19). The third-order valence-electron chi connectivity index (χ3n) is 4.06. The maximum absolute atomic E-state index is 12.4. The van der Waals surface area contributed by atoms with Gasteiger partial charge >= 0.3 is 12.0 Å². The van der Waals surface area contributed by atoms with Gasteiger partial charge < -0.3 is 20.1 Å². The van der Waals surface area contributed by atoms with Crippen molar-refractivity contribution in [2.45, 2.75) is 58.0 Å². The molecule has 2 N–H and O–H groups in total. The molecule has 1 aliphatic carbocycles. The average molecular weight is 300 g/mol. The Morgan fingerprint density at radius 3 is 2.52 bits per heavy atom. The van der Waals surface area contributed by atoms with Crippen LogP contribution in [0.25, 0.3) is 0 Å². The predicted octanol–water partition coefficient (Wildman–Crippen LogP) is 2.09. The monoisotopic (exact) mass is 300 g/mol. The fraction of sp³-hybridized carbons (Fsp3) is 0.867. The van der Waals surface area contributed by atoms with Crippen LogP contribution in [0.3, 0.4) is 0 Å². The SMILES string of the molecule is COCCN(C(=O)NC1CCCCCC1C(=O)O)C(C)C. The van der Waals surface area contributed by atoms with Crippen molar-refractivity contribution in [3.05, 3.63) is 0 Å². The summed E-state index contributed by atoms with van der Waals surface area (Å²) in [7, 11) is 1.60. The van der Waals surface area contributed by atoms with E-state index in [1.54, 1.807) is 12.0 Å². The number of urea groups is 1. The molecule has 2 unspecified atom stereocenters. The van der Waals surface area contributed by atoms with Crippen LogP contribution in [0, 0.1) is 5.92 Å². The third kappa shape index (κ3) is 5.53. The quantitative estimate of drug-likeness (QED) is 0.736. The highest BCUT2D eigenvalue weighted by Crippen LogP contribution is 2.24. The van der Waals surface area contributed by atoms with E-state index in [1.165, 1.54) is 0 Å². The Morgan fingerprint density at radius 2 is 1.95 bits per heavy atom. The molecule has 0 radical (unpaired) electrons. The van der Waals surface area contributed by atoms with Crippen LogP contribution in [0.5, 0.6) is 0 Å². The number of nitrogens with one attached hydrogen (secondary N) is 1. The van der Waals surface area contributed by atoms with E-state index in [2.05, 4.69) is 5.32 Å². The Bertz CT molecular complexity index is 347. The van der Waals surface area contributed by atoms with Crippen molar-refractivity contribution in [2.24, 2.45) is 5.92 Å². The van der Waals surface area contributed by atoms with Crippen molar-refractivity contribution in [3.8, 4) is 0 Å². The minimum Gasteiger partial charge on any atom is -0.481 e. The first-order chi connectivity index (χ1) is 9.97. The van der Waals surface area contributed by atoms with Gasteiger partial charge in [0, 0.05) is 25.7 Å². The predicted molar refractivity (Wildman–Crippen MR) is 80.2 cm³/mol. The average Bonchev–Trinajstić information content (AvgIpc) is 2.64. The molecule has 0 aromatic rings. The van der Waals surface area contributed by atoms with E-state index in [0.29, 0.717) is 19.6 Å². The van der Waals surface area contributed by atoms with Crippen LogP contribution < -0.4 is 5.32 Å². The number of carbonyl (C=O) groups is 2. The van der Waals surface area contributed by atoms with Gasteiger partial charge in [-0.05, 0) is 26.7 Å². The summed E-state index contributed by atoms with van der Waals surface area (Å²) in [6.45, 7) is 4.86. The van der Waals surface area contributed by atoms with Crippen molar-refractivity contribution >= 4 is 12.0 Å². The van der Waals surface area contributed by atoms with Crippen LogP contribution in [0.4, 0.5) is 4.79 Å². The van der Waals surface area contributed by atoms with E-state index in [-0.39, 0.29) is 18.1 Å². The molecule has 0 aliphatic heterocycles. The molecule has 0 saturated heterocycles. The summed E-state index contributed by atoms with van der Waals surface area (Å²) < 4.78 is 5.03. The summed E-state index contributed by atoms with van der Waals surface area (Å²) in [5.41, 5.74) is 0. The number of methoxy groups -OCH3 is 1. The van der Waals surface area contributed by atoms with Gasteiger partial charge in [-0.3, -0.25) is 4.79 Å². The van der Waals surface area contributed by atoms with Gasteiger partial charge in [0.1, 0.15) is 0 Å². The molecule has 0 bridgehead atoms. The van der Waals surface area contributed by atoms with E-state index in [1.807, 2.05) is 13.8 Å². The molecule has 0 heterocycles. The lowest BCUT2D eigenvalue weighted by molar-refractivity contribution is -0.142. The number of aliphatic carboxylic acids is 1. The van der Waals surface area contributed by atoms with Gasteiger partial charge in [0.2, 0.25) is 0 Å². The van der Waals surface area contributed by atoms with Crippen molar-refractivity contribution in [1.82, 2.24) is 10.2 Å². The minimum absolute atomic E-state index is 0.0502. The second-order valence-corrected chi connectivity index (χ2v) is 5.92. The first-order valence-corrected chi connectivity index (χ1v) is 7.76. The van der Waals surface area contributed by atoms with E-state index < -0.39 is 11.9 Å². The van der Waals surface area contributed by atoms with Crippen molar-refractivity contribution < 1.29 is 19.4 Å². The molecule has 1 rings (SSSR count). The van der Waals surface area contributed by atoms with Gasteiger partial charge in [-0.15, -0.1) is 0 Å². The summed E-state index contributed by atoms with van der Waals surface area (Å²) in [4.78, 5) is 25.5. The van der Waals surface area contributed by atoms with Gasteiger partial charge in [0.25, 0.3) is 0 Å². The zero-order chi connectivity index (χ0) is 15.8. The second-order valence-electron chi connectivity index (χ2n) is 5.92.